The zero-order chi connectivity index (χ0) is 13.0. The van der Waals surface area contributed by atoms with E-state index in [0.717, 1.165) is 16.7 Å². The van der Waals surface area contributed by atoms with Crippen LogP contribution in [0.25, 0.3) is 0 Å². The molecule has 0 spiro atoms. The minimum Gasteiger partial charge on any atom is -0.379 e. The maximum Gasteiger partial charge on any atom is 0.0904 e. The summed E-state index contributed by atoms with van der Waals surface area (Å²) in [6.07, 6.45) is 1.79. The van der Waals surface area contributed by atoms with Gasteiger partial charge in [-0.25, -0.2) is 5.43 Å². The summed E-state index contributed by atoms with van der Waals surface area (Å²) in [6, 6.07) is -0.0863. The standard InChI is InChI=1S/C11H21BrN4O/c1-5-16-10(8(12)6-14-16)9(15-13)11(17-4)7(2)3/h6-7,9,11,15H,5,13H2,1-4H3. The Labute approximate surface area is 111 Å². The molecule has 0 bridgehead atoms. The van der Waals surface area contributed by atoms with E-state index in [0.29, 0.717) is 5.92 Å². The fraction of sp³-hybridized carbons (Fsp3) is 0.727. The van der Waals surface area contributed by atoms with Gasteiger partial charge in [0.15, 0.2) is 0 Å². The Balaban J connectivity index is 3.11. The highest BCUT2D eigenvalue weighted by Gasteiger charge is 2.29. The molecule has 1 rings (SSSR count). The maximum atomic E-state index is 5.68. The third-order valence-corrected chi connectivity index (χ3v) is 3.48. The summed E-state index contributed by atoms with van der Waals surface area (Å²) in [5.41, 5.74) is 3.86. The third kappa shape index (κ3) is 3.07. The molecule has 0 aliphatic rings. The first-order chi connectivity index (χ1) is 8.06. The van der Waals surface area contributed by atoms with Crippen LogP contribution in [0, 0.1) is 5.92 Å². The van der Waals surface area contributed by atoms with Crippen LogP contribution in [0.4, 0.5) is 0 Å². The highest BCUT2D eigenvalue weighted by molar-refractivity contribution is 9.10. The number of hydrogen-bond donors (Lipinski definition) is 2. The molecule has 0 saturated carbocycles. The molecule has 0 aliphatic carbocycles. The molecule has 0 aliphatic heterocycles. The van der Waals surface area contributed by atoms with Crippen molar-refractivity contribution in [2.45, 2.75) is 39.5 Å². The first-order valence-electron chi connectivity index (χ1n) is 5.76. The predicted molar refractivity (Wildman–Crippen MR) is 71.3 cm³/mol. The number of aryl methyl sites for hydroxylation is 1. The van der Waals surface area contributed by atoms with Gasteiger partial charge in [0.05, 0.1) is 28.5 Å². The molecule has 3 N–H and O–H groups in total. The molecule has 1 heterocycles. The van der Waals surface area contributed by atoms with Gasteiger partial charge < -0.3 is 4.74 Å². The lowest BCUT2D eigenvalue weighted by Crippen LogP contribution is -2.41. The molecule has 5 nitrogen and oxygen atoms in total. The number of methoxy groups -OCH3 is 1. The average molecular weight is 305 g/mol. The fourth-order valence-corrected chi connectivity index (χ4v) is 2.60. The Kier molecular flexibility index (Phi) is 5.58. The van der Waals surface area contributed by atoms with Gasteiger partial charge in [-0.05, 0) is 28.8 Å². The van der Waals surface area contributed by atoms with Crippen molar-refractivity contribution in [3.05, 3.63) is 16.4 Å². The van der Waals surface area contributed by atoms with Crippen LogP contribution in [-0.2, 0) is 11.3 Å². The normalized spacial score (nSPS) is 15.2. The molecular weight excluding hydrogens is 284 g/mol. The lowest BCUT2D eigenvalue weighted by atomic mass is 9.97. The first kappa shape index (κ1) is 14.6. The minimum atomic E-state index is -0.0863. The van der Waals surface area contributed by atoms with Crippen molar-refractivity contribution in [3.63, 3.8) is 0 Å². The summed E-state index contributed by atoms with van der Waals surface area (Å²) in [4.78, 5) is 0. The lowest BCUT2D eigenvalue weighted by Gasteiger charge is -2.29. The Hall–Kier alpha value is -0.430. The zero-order valence-corrected chi connectivity index (χ0v) is 12.4. The number of aromatic nitrogens is 2. The van der Waals surface area contributed by atoms with Crippen molar-refractivity contribution < 1.29 is 4.74 Å². The number of nitrogens with two attached hydrogens (primary N) is 1. The smallest absolute Gasteiger partial charge is 0.0904 e. The summed E-state index contributed by atoms with van der Waals surface area (Å²) >= 11 is 3.51. The van der Waals surface area contributed by atoms with Gasteiger partial charge in [-0.3, -0.25) is 10.5 Å². The van der Waals surface area contributed by atoms with E-state index in [1.807, 2.05) is 11.6 Å². The molecule has 0 fully saturated rings. The molecule has 0 amide bonds. The molecule has 2 unspecified atom stereocenters. The van der Waals surface area contributed by atoms with Crippen LogP contribution in [0.15, 0.2) is 10.7 Å². The van der Waals surface area contributed by atoms with Crippen molar-refractivity contribution in [1.29, 1.82) is 0 Å². The molecule has 0 radical (unpaired) electrons. The summed E-state index contributed by atoms with van der Waals surface area (Å²) in [6.45, 7) is 7.07. The second-order valence-corrected chi connectivity index (χ2v) is 5.14. The summed E-state index contributed by atoms with van der Waals surface area (Å²) in [5.74, 6) is 6.03. The SMILES string of the molecule is CCn1ncc(Br)c1C(NN)C(OC)C(C)C. The Morgan fingerprint density at radius 2 is 2.24 bits per heavy atom. The average Bonchev–Trinajstić information content (AvgIpc) is 2.66. The van der Waals surface area contributed by atoms with E-state index in [-0.39, 0.29) is 12.1 Å². The molecule has 2 atom stereocenters. The first-order valence-corrected chi connectivity index (χ1v) is 6.56. The number of ether oxygens (including phenoxy) is 1. The van der Waals surface area contributed by atoms with Gasteiger partial charge in [-0.2, -0.15) is 5.10 Å². The Bertz CT molecular complexity index is 353. The second kappa shape index (κ2) is 6.49. The number of hydrazine groups is 1. The Morgan fingerprint density at radius 1 is 1.59 bits per heavy atom. The number of hydrogen-bond acceptors (Lipinski definition) is 4. The molecule has 0 aromatic carbocycles. The van der Waals surface area contributed by atoms with Crippen molar-refractivity contribution in [1.82, 2.24) is 15.2 Å². The van der Waals surface area contributed by atoms with Crippen LogP contribution in [0.3, 0.4) is 0 Å². The van der Waals surface area contributed by atoms with E-state index in [4.69, 9.17) is 10.6 Å². The van der Waals surface area contributed by atoms with Gasteiger partial charge in [0.25, 0.3) is 0 Å². The van der Waals surface area contributed by atoms with Crippen LogP contribution in [0.1, 0.15) is 32.5 Å². The van der Waals surface area contributed by atoms with Crippen LogP contribution >= 0.6 is 15.9 Å². The number of nitrogens with zero attached hydrogens (tertiary/aromatic N) is 2. The molecule has 98 valence electrons. The van der Waals surface area contributed by atoms with Crippen molar-refractivity contribution in [2.24, 2.45) is 11.8 Å². The van der Waals surface area contributed by atoms with Crippen LogP contribution in [0.2, 0.25) is 0 Å². The number of halogens is 1. The van der Waals surface area contributed by atoms with Crippen molar-refractivity contribution in [2.75, 3.05) is 7.11 Å². The quantitative estimate of drug-likeness (QED) is 0.622. The fourth-order valence-electron chi connectivity index (χ4n) is 2.06. The van der Waals surface area contributed by atoms with E-state index in [1.165, 1.54) is 0 Å². The minimum absolute atomic E-state index is 0.00157. The topological polar surface area (TPSA) is 65.1 Å². The summed E-state index contributed by atoms with van der Waals surface area (Å²) in [7, 11) is 1.70. The zero-order valence-electron chi connectivity index (χ0n) is 10.8. The predicted octanol–water partition coefficient (Wildman–Crippen LogP) is 1.84. The van der Waals surface area contributed by atoms with E-state index in [9.17, 15) is 0 Å². The highest BCUT2D eigenvalue weighted by atomic mass is 79.9. The van der Waals surface area contributed by atoms with Gasteiger partial charge in [0, 0.05) is 13.7 Å². The van der Waals surface area contributed by atoms with Gasteiger partial charge in [-0.15, -0.1) is 0 Å². The summed E-state index contributed by atoms with van der Waals surface area (Å²) < 4.78 is 8.41. The van der Waals surface area contributed by atoms with Crippen LogP contribution < -0.4 is 11.3 Å². The van der Waals surface area contributed by atoms with Gasteiger partial charge in [0.2, 0.25) is 0 Å². The second-order valence-electron chi connectivity index (χ2n) is 4.28. The van der Waals surface area contributed by atoms with Gasteiger partial charge >= 0.3 is 0 Å². The van der Waals surface area contributed by atoms with E-state index >= 15 is 0 Å². The van der Waals surface area contributed by atoms with E-state index in [1.54, 1.807) is 13.3 Å². The van der Waals surface area contributed by atoms with Crippen molar-refractivity contribution in [3.8, 4) is 0 Å². The number of nitrogens with one attached hydrogen (secondary N) is 1. The monoisotopic (exact) mass is 304 g/mol. The summed E-state index contributed by atoms with van der Waals surface area (Å²) in [5, 5.41) is 4.30. The van der Waals surface area contributed by atoms with E-state index < -0.39 is 0 Å². The molecule has 1 aromatic heterocycles. The Morgan fingerprint density at radius 3 is 2.65 bits per heavy atom. The largest absolute Gasteiger partial charge is 0.379 e. The van der Waals surface area contributed by atoms with Crippen LogP contribution in [0.5, 0.6) is 0 Å². The molecule has 6 heteroatoms. The molecule has 0 saturated heterocycles. The van der Waals surface area contributed by atoms with Crippen molar-refractivity contribution >= 4 is 15.9 Å². The highest BCUT2D eigenvalue weighted by Crippen LogP contribution is 2.29. The number of rotatable bonds is 6. The molecule has 1 aromatic rings. The van der Waals surface area contributed by atoms with E-state index in [2.05, 4.69) is 40.3 Å². The van der Waals surface area contributed by atoms with Gasteiger partial charge in [0.1, 0.15) is 0 Å². The lowest BCUT2D eigenvalue weighted by molar-refractivity contribution is 0.0299. The third-order valence-electron chi connectivity index (χ3n) is 2.86. The maximum absolute atomic E-state index is 5.68. The van der Waals surface area contributed by atoms with Gasteiger partial charge in [-0.1, -0.05) is 13.8 Å². The molecular formula is C11H21BrN4O. The van der Waals surface area contributed by atoms with Crippen LogP contribution in [-0.4, -0.2) is 23.0 Å². The molecule has 17 heavy (non-hydrogen) atoms.